The zero-order valence-corrected chi connectivity index (χ0v) is 18.3. The van der Waals surface area contributed by atoms with Crippen LogP contribution in [0.4, 0.5) is 5.69 Å². The Bertz CT molecular complexity index is 1100. The van der Waals surface area contributed by atoms with E-state index in [0.29, 0.717) is 48.3 Å². The normalized spacial score (nSPS) is 12.4. The summed E-state index contributed by atoms with van der Waals surface area (Å²) in [4.78, 5) is 0. The lowest BCUT2D eigenvalue weighted by Gasteiger charge is -2.23. The number of nitrogen functional groups attached to an aromatic ring is 1. The molecule has 1 aliphatic rings. The molecular weight excluding hydrogens is 394 g/mol. The third kappa shape index (κ3) is 3.64. The molecule has 1 aliphatic heterocycles. The van der Waals surface area contributed by atoms with Crippen LogP contribution in [0.25, 0.3) is 11.1 Å². The van der Waals surface area contributed by atoms with Crippen molar-refractivity contribution in [2.45, 2.75) is 19.6 Å². The predicted molar refractivity (Wildman–Crippen MR) is 120 cm³/mol. The molecule has 0 fully saturated rings. The van der Waals surface area contributed by atoms with Crippen LogP contribution in [0, 0.1) is 0 Å². The molecule has 2 N–H and O–H groups in total. The summed E-state index contributed by atoms with van der Waals surface area (Å²) in [6.07, 6.45) is 0.705. The van der Waals surface area contributed by atoms with Gasteiger partial charge in [-0.15, -0.1) is 0 Å². The summed E-state index contributed by atoms with van der Waals surface area (Å²) in [6.45, 7) is 0.760. The van der Waals surface area contributed by atoms with Gasteiger partial charge < -0.3 is 29.4 Å². The van der Waals surface area contributed by atoms with Crippen LogP contribution in [0.2, 0.25) is 0 Å². The molecule has 162 valence electrons. The number of anilines is 1. The third-order valence-corrected chi connectivity index (χ3v) is 5.64. The number of benzene rings is 3. The number of rotatable bonds is 6. The molecule has 31 heavy (non-hydrogen) atoms. The Morgan fingerprint density at radius 3 is 2.16 bits per heavy atom. The lowest BCUT2D eigenvalue weighted by molar-refractivity contribution is 0.110. The monoisotopic (exact) mass is 421 g/mol. The van der Waals surface area contributed by atoms with Crippen molar-refractivity contribution in [3.63, 3.8) is 0 Å². The molecule has 0 saturated heterocycles. The Labute approximate surface area is 182 Å². The van der Waals surface area contributed by atoms with Crippen molar-refractivity contribution in [2.75, 3.05) is 34.2 Å². The smallest absolute Gasteiger partial charge is 0.203 e. The second-order valence-electron chi connectivity index (χ2n) is 7.34. The van der Waals surface area contributed by atoms with E-state index in [1.54, 1.807) is 28.4 Å². The minimum atomic E-state index is 0.364. The molecule has 6 nitrogen and oxygen atoms in total. The summed E-state index contributed by atoms with van der Waals surface area (Å²) in [6, 6.07) is 14.2. The van der Waals surface area contributed by atoms with Crippen molar-refractivity contribution < 1.29 is 23.7 Å². The molecule has 0 aliphatic carbocycles. The largest absolute Gasteiger partial charge is 0.495 e. The van der Waals surface area contributed by atoms with E-state index in [-0.39, 0.29) is 0 Å². The van der Waals surface area contributed by atoms with Gasteiger partial charge in [0.2, 0.25) is 5.75 Å². The summed E-state index contributed by atoms with van der Waals surface area (Å²) in [7, 11) is 6.48. The van der Waals surface area contributed by atoms with Crippen molar-refractivity contribution in [1.82, 2.24) is 0 Å². The van der Waals surface area contributed by atoms with Crippen LogP contribution < -0.4 is 24.7 Å². The van der Waals surface area contributed by atoms with Gasteiger partial charge in [0.15, 0.2) is 11.5 Å². The summed E-state index contributed by atoms with van der Waals surface area (Å²) >= 11 is 0. The molecule has 0 amide bonds. The van der Waals surface area contributed by atoms with Crippen molar-refractivity contribution in [3.8, 4) is 34.1 Å². The minimum Gasteiger partial charge on any atom is -0.495 e. The maximum absolute atomic E-state index is 6.52. The van der Waals surface area contributed by atoms with E-state index in [1.165, 1.54) is 5.56 Å². The van der Waals surface area contributed by atoms with Gasteiger partial charge in [0.1, 0.15) is 5.75 Å². The zero-order chi connectivity index (χ0) is 22.0. The Kier molecular flexibility index (Phi) is 5.91. The molecule has 6 heteroatoms. The predicted octanol–water partition coefficient (Wildman–Crippen LogP) is 4.59. The van der Waals surface area contributed by atoms with Crippen molar-refractivity contribution in [2.24, 2.45) is 0 Å². The fourth-order valence-corrected chi connectivity index (χ4v) is 4.23. The first-order valence-corrected chi connectivity index (χ1v) is 10.0. The third-order valence-electron chi connectivity index (χ3n) is 5.64. The Morgan fingerprint density at radius 2 is 1.52 bits per heavy atom. The van der Waals surface area contributed by atoms with Gasteiger partial charge in [0.05, 0.1) is 47.3 Å². The summed E-state index contributed by atoms with van der Waals surface area (Å²) in [5.41, 5.74) is 13.1. The van der Waals surface area contributed by atoms with Crippen molar-refractivity contribution in [1.29, 1.82) is 0 Å². The number of ether oxygens (including phenoxy) is 5. The molecule has 1 heterocycles. The number of fused-ring (bicyclic) bond motifs is 3. The lowest BCUT2D eigenvalue weighted by Crippen LogP contribution is -2.06. The first-order valence-electron chi connectivity index (χ1n) is 10.0. The van der Waals surface area contributed by atoms with E-state index < -0.39 is 0 Å². The molecule has 3 aromatic carbocycles. The molecule has 4 rings (SSSR count). The second kappa shape index (κ2) is 8.78. The zero-order valence-electron chi connectivity index (χ0n) is 18.3. The first-order chi connectivity index (χ1) is 15.1. The Balaban J connectivity index is 2.06. The Morgan fingerprint density at radius 1 is 0.806 bits per heavy atom. The summed E-state index contributed by atoms with van der Waals surface area (Å²) in [5, 5.41) is 0. The van der Waals surface area contributed by atoms with Gasteiger partial charge in [0, 0.05) is 11.1 Å². The lowest BCUT2D eigenvalue weighted by atomic mass is 9.87. The van der Waals surface area contributed by atoms with Crippen LogP contribution in [0.1, 0.15) is 22.3 Å². The highest BCUT2D eigenvalue weighted by atomic mass is 16.5. The van der Waals surface area contributed by atoms with Gasteiger partial charge in [-0.3, -0.25) is 0 Å². The van der Waals surface area contributed by atoms with Crippen LogP contribution >= 0.6 is 0 Å². The van der Waals surface area contributed by atoms with Gasteiger partial charge in [-0.25, -0.2) is 0 Å². The van der Waals surface area contributed by atoms with Gasteiger partial charge in [-0.2, -0.15) is 0 Å². The highest BCUT2D eigenvalue weighted by Crippen LogP contribution is 2.51. The van der Waals surface area contributed by atoms with Crippen molar-refractivity contribution >= 4 is 5.69 Å². The van der Waals surface area contributed by atoms with Gasteiger partial charge in [-0.05, 0) is 40.8 Å². The van der Waals surface area contributed by atoms with E-state index in [2.05, 4.69) is 12.1 Å². The maximum atomic E-state index is 6.52. The van der Waals surface area contributed by atoms with Crippen LogP contribution in [-0.2, 0) is 24.4 Å². The highest BCUT2D eigenvalue weighted by Gasteiger charge is 2.29. The minimum absolute atomic E-state index is 0.364. The first kappa shape index (κ1) is 20.9. The van der Waals surface area contributed by atoms with Gasteiger partial charge >= 0.3 is 0 Å². The van der Waals surface area contributed by atoms with Gasteiger partial charge in [0.25, 0.3) is 0 Å². The van der Waals surface area contributed by atoms with Crippen molar-refractivity contribution in [3.05, 3.63) is 64.7 Å². The summed E-state index contributed by atoms with van der Waals surface area (Å²) < 4.78 is 28.7. The molecule has 0 saturated carbocycles. The van der Waals surface area contributed by atoms with Gasteiger partial charge in [-0.1, -0.05) is 30.3 Å². The number of hydrogen-bond donors (Lipinski definition) is 1. The molecule has 3 aromatic rings. The van der Waals surface area contributed by atoms with E-state index in [4.69, 9.17) is 29.4 Å². The molecule has 0 aromatic heterocycles. The van der Waals surface area contributed by atoms with Crippen LogP contribution in [0.3, 0.4) is 0 Å². The highest BCUT2D eigenvalue weighted by molar-refractivity contribution is 5.88. The topological polar surface area (TPSA) is 72.2 Å². The van der Waals surface area contributed by atoms with E-state index in [0.717, 1.165) is 27.8 Å². The molecule has 0 bridgehead atoms. The molecule has 0 radical (unpaired) electrons. The number of nitrogens with two attached hydrogens (primary N) is 1. The quantitative estimate of drug-likeness (QED) is 0.587. The average molecular weight is 421 g/mol. The molecule has 0 spiro atoms. The fraction of sp³-hybridized carbons (Fsp3) is 0.280. The second-order valence-corrected chi connectivity index (χ2v) is 7.34. The van der Waals surface area contributed by atoms with Crippen LogP contribution in [0.5, 0.6) is 23.0 Å². The molecule has 0 atom stereocenters. The van der Waals surface area contributed by atoms with E-state index in [1.807, 2.05) is 30.3 Å². The average Bonchev–Trinajstić information content (AvgIpc) is 3.00. The SMILES string of the molecule is COc1cc(Cc2ccccc2)c2c(c1N)COCc1cc(OC)c(OC)c(OC)c1-2. The standard InChI is InChI=1S/C25H27NO5/c1-27-19-11-16(10-15-8-6-5-7-9-15)21-18(23(19)26)14-31-13-17-12-20(28-2)24(29-3)25(30-4)22(17)21/h5-9,11-12H,10,13-14,26H2,1-4H3. The molecule has 0 unspecified atom stereocenters. The number of hydrogen-bond acceptors (Lipinski definition) is 6. The summed E-state index contributed by atoms with van der Waals surface area (Å²) in [5.74, 6) is 2.37. The number of methoxy groups -OCH3 is 4. The van der Waals surface area contributed by atoms with Crippen LogP contribution in [0.15, 0.2) is 42.5 Å². The Hall–Kier alpha value is -3.38. The molecular formula is C25H27NO5. The van der Waals surface area contributed by atoms with E-state index in [9.17, 15) is 0 Å². The van der Waals surface area contributed by atoms with E-state index >= 15 is 0 Å². The maximum Gasteiger partial charge on any atom is 0.203 e. The fourth-order valence-electron chi connectivity index (χ4n) is 4.23. The van der Waals surface area contributed by atoms with Crippen LogP contribution in [-0.4, -0.2) is 28.4 Å².